The lowest BCUT2D eigenvalue weighted by molar-refractivity contribution is -0.283. The Bertz CT molecular complexity index is 1910. The SMILES string of the molecule is CCOC(=O)C(F)(F)C(Nc1ccc(OC)cc1)[C@@H]1O[C@H](COCc2ccccc2)[C@H](OCc2ccccc2)[C@H](OCc2ccccc2)[C@H]1OCc1ccccc1. The summed E-state index contributed by atoms with van der Waals surface area (Å²) in [5.74, 6) is -5.30. The molecule has 0 amide bonds. The van der Waals surface area contributed by atoms with Gasteiger partial charge in [0.15, 0.2) is 0 Å². The summed E-state index contributed by atoms with van der Waals surface area (Å²) in [5.41, 5.74) is 3.74. The van der Waals surface area contributed by atoms with Gasteiger partial charge in [-0.3, -0.25) is 0 Å². The average molecular weight is 782 g/mol. The lowest BCUT2D eigenvalue weighted by Gasteiger charge is -2.49. The molecule has 1 N–H and O–H groups in total. The molecule has 57 heavy (non-hydrogen) atoms. The first-order valence-corrected chi connectivity index (χ1v) is 19.0. The molecule has 11 heteroatoms. The highest BCUT2D eigenvalue weighted by Gasteiger charge is 2.60. The zero-order valence-corrected chi connectivity index (χ0v) is 32.1. The number of ether oxygens (including phenoxy) is 7. The molecule has 1 saturated heterocycles. The van der Waals surface area contributed by atoms with Crippen LogP contribution in [0.5, 0.6) is 5.75 Å². The van der Waals surface area contributed by atoms with Crippen LogP contribution in [-0.4, -0.2) is 68.8 Å². The molecule has 0 saturated carbocycles. The van der Waals surface area contributed by atoms with Crippen molar-refractivity contribution < 1.29 is 46.7 Å². The molecular weight excluding hydrogens is 733 g/mol. The van der Waals surface area contributed by atoms with Crippen molar-refractivity contribution >= 4 is 11.7 Å². The monoisotopic (exact) mass is 781 g/mol. The molecule has 1 fully saturated rings. The Balaban J connectivity index is 1.44. The van der Waals surface area contributed by atoms with Crippen LogP contribution < -0.4 is 10.1 Å². The van der Waals surface area contributed by atoms with Crippen LogP contribution in [0.1, 0.15) is 29.2 Å². The van der Waals surface area contributed by atoms with E-state index in [0.717, 1.165) is 22.3 Å². The normalized spacial score (nSPS) is 20.0. The van der Waals surface area contributed by atoms with Crippen molar-refractivity contribution in [3.63, 3.8) is 0 Å². The maximum atomic E-state index is 16.9. The van der Waals surface area contributed by atoms with E-state index in [1.807, 2.05) is 121 Å². The van der Waals surface area contributed by atoms with E-state index >= 15 is 8.78 Å². The van der Waals surface area contributed by atoms with Crippen LogP contribution in [0.25, 0.3) is 0 Å². The van der Waals surface area contributed by atoms with Gasteiger partial charge in [0, 0.05) is 5.69 Å². The summed E-state index contributed by atoms with van der Waals surface area (Å²) in [6.07, 6.45) is -5.56. The summed E-state index contributed by atoms with van der Waals surface area (Å²) in [4.78, 5) is 13.2. The van der Waals surface area contributed by atoms with E-state index in [1.54, 1.807) is 24.3 Å². The number of hydrogen-bond acceptors (Lipinski definition) is 9. The minimum atomic E-state index is -4.12. The van der Waals surface area contributed by atoms with Gasteiger partial charge in [-0.1, -0.05) is 121 Å². The van der Waals surface area contributed by atoms with Gasteiger partial charge in [0.25, 0.3) is 0 Å². The third-order valence-corrected chi connectivity index (χ3v) is 9.60. The van der Waals surface area contributed by atoms with Crippen LogP contribution in [-0.2, 0) is 59.6 Å². The summed E-state index contributed by atoms with van der Waals surface area (Å²) in [7, 11) is 1.51. The van der Waals surface area contributed by atoms with Gasteiger partial charge in [-0.15, -0.1) is 0 Å². The van der Waals surface area contributed by atoms with Crippen molar-refractivity contribution in [2.24, 2.45) is 0 Å². The van der Waals surface area contributed by atoms with Crippen LogP contribution in [0, 0.1) is 0 Å². The number of alkyl halides is 2. The fraction of sp³-hybridized carbons (Fsp3) is 0.326. The molecule has 6 atom stereocenters. The first-order valence-electron chi connectivity index (χ1n) is 19.0. The third-order valence-electron chi connectivity index (χ3n) is 9.60. The van der Waals surface area contributed by atoms with Crippen LogP contribution in [0.4, 0.5) is 14.5 Å². The summed E-state index contributed by atoms with van der Waals surface area (Å²) < 4.78 is 77.1. The molecule has 0 spiro atoms. The summed E-state index contributed by atoms with van der Waals surface area (Å²) >= 11 is 0. The van der Waals surface area contributed by atoms with E-state index in [9.17, 15) is 4.79 Å². The number of benzene rings is 5. The van der Waals surface area contributed by atoms with Crippen LogP contribution in [0.15, 0.2) is 146 Å². The number of halogens is 2. The highest BCUT2D eigenvalue weighted by Crippen LogP contribution is 2.38. The second-order valence-electron chi connectivity index (χ2n) is 13.6. The highest BCUT2D eigenvalue weighted by molar-refractivity contribution is 5.79. The van der Waals surface area contributed by atoms with Crippen molar-refractivity contribution in [3.8, 4) is 5.75 Å². The molecule has 0 radical (unpaired) electrons. The van der Waals surface area contributed by atoms with Gasteiger partial charge in [0.1, 0.15) is 42.3 Å². The molecule has 1 aliphatic heterocycles. The second-order valence-corrected chi connectivity index (χ2v) is 13.6. The fourth-order valence-corrected chi connectivity index (χ4v) is 6.69. The minimum absolute atomic E-state index is 0.0252. The summed E-state index contributed by atoms with van der Waals surface area (Å²) in [6.45, 7) is 1.70. The number of methoxy groups -OCH3 is 1. The van der Waals surface area contributed by atoms with Gasteiger partial charge < -0.3 is 38.5 Å². The summed E-state index contributed by atoms with van der Waals surface area (Å²) in [5, 5.41) is 2.93. The Labute approximate surface area is 332 Å². The van der Waals surface area contributed by atoms with Gasteiger partial charge in [0.05, 0.1) is 46.8 Å². The molecule has 6 rings (SSSR count). The molecule has 1 aliphatic rings. The van der Waals surface area contributed by atoms with Gasteiger partial charge in [-0.2, -0.15) is 8.78 Å². The maximum Gasteiger partial charge on any atom is 0.379 e. The molecule has 1 unspecified atom stereocenters. The Kier molecular flexibility index (Phi) is 15.2. The number of rotatable bonds is 20. The number of carbonyl (C=O) groups excluding carboxylic acids is 1. The van der Waals surface area contributed by atoms with E-state index in [1.165, 1.54) is 14.0 Å². The van der Waals surface area contributed by atoms with Crippen molar-refractivity contribution in [2.45, 2.75) is 75.8 Å². The van der Waals surface area contributed by atoms with Crippen molar-refractivity contribution in [1.29, 1.82) is 0 Å². The third kappa shape index (κ3) is 11.5. The molecule has 9 nitrogen and oxygen atoms in total. The zero-order chi connectivity index (χ0) is 39.9. The molecule has 0 bridgehead atoms. The van der Waals surface area contributed by atoms with E-state index in [4.69, 9.17) is 33.2 Å². The molecule has 300 valence electrons. The van der Waals surface area contributed by atoms with E-state index in [-0.39, 0.29) is 45.3 Å². The van der Waals surface area contributed by atoms with Crippen LogP contribution in [0.3, 0.4) is 0 Å². The fourth-order valence-electron chi connectivity index (χ4n) is 6.69. The van der Waals surface area contributed by atoms with E-state index in [0.29, 0.717) is 5.75 Å². The van der Waals surface area contributed by atoms with E-state index in [2.05, 4.69) is 5.32 Å². The molecule has 0 aliphatic carbocycles. The largest absolute Gasteiger partial charge is 0.497 e. The van der Waals surface area contributed by atoms with Crippen molar-refractivity contribution in [1.82, 2.24) is 0 Å². The Morgan fingerprint density at radius 2 is 1.11 bits per heavy atom. The van der Waals surface area contributed by atoms with Crippen LogP contribution >= 0.6 is 0 Å². The number of carbonyl (C=O) groups is 1. The van der Waals surface area contributed by atoms with Crippen LogP contribution in [0.2, 0.25) is 0 Å². The van der Waals surface area contributed by atoms with Crippen molar-refractivity contribution in [3.05, 3.63) is 168 Å². The predicted molar refractivity (Wildman–Crippen MR) is 212 cm³/mol. The molecule has 5 aromatic carbocycles. The zero-order valence-electron chi connectivity index (χ0n) is 32.1. The van der Waals surface area contributed by atoms with Gasteiger partial charge in [-0.05, 0) is 53.4 Å². The quantitative estimate of drug-likeness (QED) is 0.0782. The lowest BCUT2D eigenvalue weighted by atomic mass is 9.87. The molecule has 0 aromatic heterocycles. The van der Waals surface area contributed by atoms with Gasteiger partial charge >= 0.3 is 11.9 Å². The molecule has 1 heterocycles. The minimum Gasteiger partial charge on any atom is -0.497 e. The topological polar surface area (TPSA) is 93.7 Å². The van der Waals surface area contributed by atoms with Gasteiger partial charge in [-0.25, -0.2) is 4.79 Å². The highest BCUT2D eigenvalue weighted by atomic mass is 19.3. The Hall–Kier alpha value is -5.17. The standard InChI is InChI=1S/C46H49F2NO8/c1-3-53-45(50)46(47,48)44(49-37-24-26-38(51-2)27-25-37)43-42(56-31-36-22-14-7-15-23-36)41(55-30-35-20-12-6-13-21-35)40(54-29-34-18-10-5-11-19-34)39(57-43)32-52-28-33-16-8-4-9-17-33/h4-27,39-44,49H,3,28-32H2,1-2H3/t39-,40+,41+,42-,43-,44?/m1/s1. The Morgan fingerprint density at radius 1 is 0.649 bits per heavy atom. The maximum absolute atomic E-state index is 16.9. The van der Waals surface area contributed by atoms with Crippen molar-refractivity contribution in [2.75, 3.05) is 25.6 Å². The lowest BCUT2D eigenvalue weighted by Crippen LogP contribution is -2.68. The average Bonchev–Trinajstić information content (AvgIpc) is 3.25. The molecular formula is C46H49F2NO8. The number of anilines is 1. The summed E-state index contributed by atoms with van der Waals surface area (Å²) in [6, 6.07) is 42.5. The number of esters is 1. The van der Waals surface area contributed by atoms with E-state index < -0.39 is 48.5 Å². The van der Waals surface area contributed by atoms with Gasteiger partial charge in [0.2, 0.25) is 0 Å². The first-order chi connectivity index (χ1) is 27.9. The Morgan fingerprint density at radius 3 is 1.58 bits per heavy atom. The number of hydrogen-bond donors (Lipinski definition) is 1. The first kappa shape index (κ1) is 41.5. The molecule has 5 aromatic rings. The predicted octanol–water partition coefficient (Wildman–Crippen LogP) is 8.41. The second kappa shape index (κ2) is 20.8. The smallest absolute Gasteiger partial charge is 0.379 e. The number of nitrogens with one attached hydrogen (secondary N) is 1.